The summed E-state index contributed by atoms with van der Waals surface area (Å²) >= 11 is 5.96. The van der Waals surface area contributed by atoms with Gasteiger partial charge in [0.2, 0.25) is 11.9 Å². The molecule has 1 saturated carbocycles. The number of hydrogen-bond acceptors (Lipinski definition) is 8. The van der Waals surface area contributed by atoms with Crippen LogP contribution in [0, 0.1) is 10.1 Å². The van der Waals surface area contributed by atoms with Crippen LogP contribution in [0.5, 0.6) is 5.75 Å². The number of benzene rings is 1. The number of guanidine groups is 2. The number of aliphatic imine (C=N–C) groups is 2. The molecule has 1 spiro atoms. The van der Waals surface area contributed by atoms with Gasteiger partial charge in [-0.25, -0.2) is 4.99 Å². The van der Waals surface area contributed by atoms with Gasteiger partial charge in [0.05, 0.1) is 15.6 Å². The van der Waals surface area contributed by atoms with Crippen molar-refractivity contribution in [2.45, 2.75) is 37.8 Å². The van der Waals surface area contributed by atoms with Crippen LogP contribution in [-0.2, 0) is 0 Å². The van der Waals surface area contributed by atoms with Gasteiger partial charge in [0.15, 0.2) is 5.75 Å². The predicted molar refractivity (Wildman–Crippen MR) is 91.3 cm³/mol. The molecule has 0 bridgehead atoms. The van der Waals surface area contributed by atoms with Crippen LogP contribution < -0.4 is 16.4 Å². The van der Waals surface area contributed by atoms with Crippen molar-refractivity contribution in [1.29, 1.82) is 0 Å². The highest BCUT2D eigenvalue weighted by molar-refractivity contribution is 6.33. The third kappa shape index (κ3) is 2.60. The van der Waals surface area contributed by atoms with Crippen LogP contribution in [0.3, 0.4) is 0 Å². The summed E-state index contributed by atoms with van der Waals surface area (Å²) in [5.74, 6) is -0.223. The molecule has 1 aliphatic carbocycles. The summed E-state index contributed by atoms with van der Waals surface area (Å²) in [6.45, 7) is 0. The van der Waals surface area contributed by atoms with E-state index < -0.39 is 10.6 Å². The molecule has 1 aliphatic heterocycles. The van der Waals surface area contributed by atoms with Gasteiger partial charge in [-0.1, -0.05) is 18.0 Å². The maximum absolute atomic E-state index is 11.1. The van der Waals surface area contributed by atoms with Gasteiger partial charge < -0.3 is 16.6 Å². The normalized spacial score (nSPS) is 19.8. The van der Waals surface area contributed by atoms with Crippen LogP contribution in [0.4, 0.5) is 11.4 Å². The molecular weight excluding hydrogens is 336 g/mol. The highest BCUT2D eigenvalue weighted by Crippen LogP contribution is 2.45. The van der Waals surface area contributed by atoms with Crippen LogP contribution in [0.15, 0.2) is 22.1 Å². The minimum absolute atomic E-state index is 0.0243. The third-order valence-corrected chi connectivity index (χ3v) is 4.62. The first-order valence-corrected chi connectivity index (χ1v) is 7.88. The van der Waals surface area contributed by atoms with Crippen molar-refractivity contribution >= 4 is 34.9 Å². The van der Waals surface area contributed by atoms with E-state index >= 15 is 0 Å². The Labute approximate surface area is 142 Å². The first-order chi connectivity index (χ1) is 11.3. The van der Waals surface area contributed by atoms with Gasteiger partial charge in [-0.05, 0) is 25.7 Å². The molecular formula is C14H17ClN6O3. The van der Waals surface area contributed by atoms with Gasteiger partial charge in [-0.2, -0.15) is 4.99 Å². The minimum Gasteiger partial charge on any atom is -0.504 e. The van der Waals surface area contributed by atoms with E-state index in [0.717, 1.165) is 25.3 Å². The molecule has 24 heavy (non-hydrogen) atoms. The Balaban J connectivity index is 2.19. The van der Waals surface area contributed by atoms with E-state index in [-0.39, 0.29) is 34.1 Å². The van der Waals surface area contributed by atoms with Crippen molar-refractivity contribution < 1.29 is 10.0 Å². The molecule has 0 aromatic heterocycles. The number of non-ortho nitro benzene ring substituents is 1. The third-order valence-electron chi connectivity index (χ3n) is 4.33. The van der Waals surface area contributed by atoms with Gasteiger partial charge in [-0.3, -0.25) is 15.0 Å². The number of rotatable bonds is 2. The molecule has 1 aromatic carbocycles. The number of nitrogens with zero attached hydrogens (tertiary/aromatic N) is 4. The fourth-order valence-electron chi connectivity index (χ4n) is 3.32. The molecule has 0 radical (unpaired) electrons. The van der Waals surface area contributed by atoms with E-state index in [1.54, 1.807) is 0 Å². The average molecular weight is 353 g/mol. The minimum atomic E-state index is -0.815. The van der Waals surface area contributed by atoms with Crippen molar-refractivity contribution in [2.24, 2.45) is 21.5 Å². The number of nitro benzene ring substituents is 1. The average Bonchev–Trinajstić information content (AvgIpc) is 2.51. The zero-order chi connectivity index (χ0) is 17.5. The van der Waals surface area contributed by atoms with E-state index in [1.807, 2.05) is 0 Å². The Kier molecular flexibility index (Phi) is 3.96. The molecule has 1 heterocycles. The molecule has 9 nitrogen and oxygen atoms in total. The number of phenolic OH excluding ortho intramolecular Hbond substituents is 1. The number of phenols is 1. The Morgan fingerprint density at radius 2 is 1.96 bits per heavy atom. The van der Waals surface area contributed by atoms with Crippen molar-refractivity contribution in [1.82, 2.24) is 0 Å². The van der Waals surface area contributed by atoms with Gasteiger partial charge >= 0.3 is 0 Å². The maximum Gasteiger partial charge on any atom is 0.273 e. The first-order valence-electron chi connectivity index (χ1n) is 7.51. The van der Waals surface area contributed by atoms with E-state index in [4.69, 9.17) is 23.1 Å². The molecule has 0 amide bonds. The lowest BCUT2D eigenvalue weighted by atomic mass is 9.87. The summed E-state index contributed by atoms with van der Waals surface area (Å²) in [5.41, 5.74) is 10.9. The SMILES string of the molecule is NC1=NC2(CCCCC2)N(c2cc([N+](=O)[O-])cc(Cl)c2O)C(N)=N1. The van der Waals surface area contributed by atoms with Gasteiger partial charge in [0.25, 0.3) is 5.69 Å². The van der Waals surface area contributed by atoms with E-state index in [2.05, 4.69) is 9.98 Å². The smallest absolute Gasteiger partial charge is 0.273 e. The number of nitro groups is 1. The van der Waals surface area contributed by atoms with E-state index in [0.29, 0.717) is 12.8 Å². The lowest BCUT2D eigenvalue weighted by Crippen LogP contribution is -2.58. The van der Waals surface area contributed by atoms with Gasteiger partial charge in [0.1, 0.15) is 5.66 Å². The molecule has 0 saturated heterocycles. The fraction of sp³-hybridized carbons (Fsp3) is 0.429. The number of halogens is 1. The number of hydrogen-bond donors (Lipinski definition) is 3. The molecule has 5 N–H and O–H groups in total. The molecule has 0 unspecified atom stereocenters. The molecule has 10 heteroatoms. The zero-order valence-corrected chi connectivity index (χ0v) is 13.5. The Hall–Kier alpha value is -2.55. The number of aromatic hydroxyl groups is 1. The standard InChI is InChI=1S/C14H17ClN6O3/c15-9-6-8(21(23)24)7-10(11(9)22)20-13(17)18-12(16)19-14(20)4-2-1-3-5-14/h6-7,22H,1-5H2,(H4,16,17,18,19). The predicted octanol–water partition coefficient (Wildman–Crippen LogP) is 2.06. The highest BCUT2D eigenvalue weighted by atomic mass is 35.5. The zero-order valence-electron chi connectivity index (χ0n) is 12.8. The van der Waals surface area contributed by atoms with E-state index in [9.17, 15) is 15.2 Å². The quantitative estimate of drug-likeness (QED) is 0.549. The van der Waals surface area contributed by atoms with E-state index in [1.165, 1.54) is 11.0 Å². The Morgan fingerprint density at radius 1 is 1.29 bits per heavy atom. The van der Waals surface area contributed by atoms with Crippen molar-refractivity contribution in [3.8, 4) is 5.75 Å². The summed E-state index contributed by atoms with van der Waals surface area (Å²) in [4.78, 5) is 20.5. The lowest BCUT2D eigenvalue weighted by molar-refractivity contribution is -0.384. The second kappa shape index (κ2) is 5.82. The van der Waals surface area contributed by atoms with Crippen LogP contribution in [0.1, 0.15) is 32.1 Å². The highest BCUT2D eigenvalue weighted by Gasteiger charge is 2.44. The summed E-state index contributed by atoms with van der Waals surface area (Å²) in [7, 11) is 0. The van der Waals surface area contributed by atoms with Crippen LogP contribution in [0.25, 0.3) is 0 Å². The van der Waals surface area contributed by atoms with Gasteiger partial charge in [-0.15, -0.1) is 0 Å². The summed E-state index contributed by atoms with van der Waals surface area (Å²) in [6, 6.07) is 2.31. The summed E-state index contributed by atoms with van der Waals surface area (Å²) in [5, 5.41) is 21.4. The topological polar surface area (TPSA) is 143 Å². The van der Waals surface area contributed by atoms with Crippen LogP contribution >= 0.6 is 11.6 Å². The molecule has 1 aromatic rings. The second-order valence-electron chi connectivity index (χ2n) is 5.87. The van der Waals surface area contributed by atoms with Crippen LogP contribution in [0.2, 0.25) is 5.02 Å². The van der Waals surface area contributed by atoms with Crippen molar-refractivity contribution in [3.05, 3.63) is 27.3 Å². The lowest BCUT2D eigenvalue weighted by Gasteiger charge is -2.45. The molecule has 3 rings (SSSR count). The monoisotopic (exact) mass is 352 g/mol. The largest absolute Gasteiger partial charge is 0.504 e. The Bertz CT molecular complexity index is 757. The van der Waals surface area contributed by atoms with Crippen molar-refractivity contribution in [3.63, 3.8) is 0 Å². The molecule has 2 aliphatic rings. The first kappa shape index (κ1) is 16.3. The van der Waals surface area contributed by atoms with Crippen molar-refractivity contribution in [2.75, 3.05) is 4.90 Å². The Morgan fingerprint density at radius 3 is 2.58 bits per heavy atom. The van der Waals surface area contributed by atoms with Gasteiger partial charge in [0, 0.05) is 12.1 Å². The number of nitrogens with two attached hydrogens (primary N) is 2. The fourth-order valence-corrected chi connectivity index (χ4v) is 3.52. The molecule has 128 valence electrons. The number of anilines is 1. The molecule has 1 fully saturated rings. The molecule has 0 atom stereocenters. The summed E-state index contributed by atoms with van der Waals surface area (Å²) in [6.07, 6.45) is 4.12. The van der Waals surface area contributed by atoms with Crippen LogP contribution in [-0.4, -0.2) is 27.6 Å². The summed E-state index contributed by atoms with van der Waals surface area (Å²) < 4.78 is 0. The maximum atomic E-state index is 11.1. The second-order valence-corrected chi connectivity index (χ2v) is 6.28.